The van der Waals surface area contributed by atoms with Crippen LogP contribution in [0.3, 0.4) is 0 Å². The van der Waals surface area contributed by atoms with Gasteiger partial charge in [0.2, 0.25) is 5.91 Å². The van der Waals surface area contributed by atoms with Gasteiger partial charge in [-0.15, -0.1) is 0 Å². The van der Waals surface area contributed by atoms with Crippen LogP contribution in [-0.2, 0) is 21.9 Å². The Morgan fingerprint density at radius 1 is 1.00 bits per heavy atom. The Bertz CT molecular complexity index is 1400. The number of benzene rings is 3. The Labute approximate surface area is 187 Å². The summed E-state index contributed by atoms with van der Waals surface area (Å²) in [4.78, 5) is 13.1. The van der Waals surface area contributed by atoms with Crippen LogP contribution in [0.5, 0.6) is 0 Å². The van der Waals surface area contributed by atoms with E-state index in [4.69, 9.17) is 0 Å². The van der Waals surface area contributed by atoms with Gasteiger partial charge in [0.15, 0.2) is 0 Å². The first-order valence-electron chi connectivity index (χ1n) is 10.1. The number of sulfonamides is 1. The van der Waals surface area contributed by atoms with E-state index in [1.165, 1.54) is 8.99 Å². The molecule has 4 aromatic rings. The minimum absolute atomic E-state index is 0.157. The summed E-state index contributed by atoms with van der Waals surface area (Å²) in [6.07, 6.45) is 1.56. The molecule has 4 rings (SSSR count). The van der Waals surface area contributed by atoms with Crippen molar-refractivity contribution in [3.8, 4) is 0 Å². The molecule has 0 fully saturated rings. The number of carbonyl (C=O) groups is 1. The Morgan fingerprint density at radius 2 is 1.72 bits per heavy atom. The molecule has 1 heterocycles. The molecule has 0 radical (unpaired) electrons. The van der Waals surface area contributed by atoms with Gasteiger partial charge in [-0.25, -0.2) is 8.42 Å². The Hall–Kier alpha value is -3.65. The van der Waals surface area contributed by atoms with Crippen molar-refractivity contribution < 1.29 is 13.2 Å². The van der Waals surface area contributed by atoms with Gasteiger partial charge in [-0.1, -0.05) is 48.5 Å². The van der Waals surface area contributed by atoms with Gasteiger partial charge in [0.05, 0.1) is 16.8 Å². The molecule has 164 valence electrons. The number of nitrogens with one attached hydrogen (secondary N) is 1. The summed E-state index contributed by atoms with van der Waals surface area (Å²) < 4.78 is 30.6. The predicted octanol–water partition coefficient (Wildman–Crippen LogP) is 4.02. The van der Waals surface area contributed by atoms with Crippen molar-refractivity contribution in [1.29, 1.82) is 0 Å². The van der Waals surface area contributed by atoms with Crippen LogP contribution in [0.2, 0.25) is 0 Å². The topological polar surface area (TPSA) is 84.3 Å². The van der Waals surface area contributed by atoms with Gasteiger partial charge in [0, 0.05) is 18.5 Å². The number of nitrogens with zero attached hydrogens (tertiary/aromatic N) is 3. The lowest BCUT2D eigenvalue weighted by molar-refractivity contribution is -0.114. The van der Waals surface area contributed by atoms with Gasteiger partial charge in [-0.3, -0.25) is 13.8 Å². The van der Waals surface area contributed by atoms with Crippen molar-refractivity contribution in [3.63, 3.8) is 0 Å². The second-order valence-corrected chi connectivity index (χ2v) is 9.43. The van der Waals surface area contributed by atoms with Crippen molar-refractivity contribution in [3.05, 3.63) is 84.1 Å². The molecule has 1 amide bonds. The van der Waals surface area contributed by atoms with E-state index in [-0.39, 0.29) is 11.4 Å². The zero-order valence-corrected chi connectivity index (χ0v) is 18.9. The van der Waals surface area contributed by atoms with Crippen molar-refractivity contribution >= 4 is 38.2 Å². The Balaban J connectivity index is 1.82. The third kappa shape index (κ3) is 3.97. The molecule has 0 aliphatic rings. The van der Waals surface area contributed by atoms with Crippen LogP contribution in [0, 0.1) is 13.8 Å². The molecular formula is C24H24N4O3S. The number of rotatable bonds is 6. The van der Waals surface area contributed by atoms with Gasteiger partial charge >= 0.3 is 0 Å². The number of hydrogen-bond donors (Lipinski definition) is 1. The molecule has 0 atom stereocenters. The monoisotopic (exact) mass is 448 g/mol. The number of amides is 1. The molecule has 0 aliphatic carbocycles. The fourth-order valence-electron chi connectivity index (χ4n) is 3.65. The van der Waals surface area contributed by atoms with Gasteiger partial charge in [0.1, 0.15) is 12.4 Å². The van der Waals surface area contributed by atoms with E-state index in [9.17, 15) is 13.2 Å². The van der Waals surface area contributed by atoms with Crippen molar-refractivity contribution in [2.75, 3.05) is 16.2 Å². The smallest absolute Gasteiger partial charge is 0.265 e. The zero-order chi connectivity index (χ0) is 22.9. The van der Waals surface area contributed by atoms with Crippen molar-refractivity contribution in [1.82, 2.24) is 9.78 Å². The normalized spacial score (nSPS) is 11.5. The van der Waals surface area contributed by atoms with Gasteiger partial charge < -0.3 is 5.32 Å². The SMILES string of the molecule is Cc1cccc(N(CC(=O)Nc2ccnn2C)S(=O)(=O)c2cccc3ccccc23)c1C. The van der Waals surface area contributed by atoms with E-state index < -0.39 is 15.9 Å². The Kier molecular flexibility index (Phi) is 5.71. The van der Waals surface area contributed by atoms with Gasteiger partial charge in [-0.2, -0.15) is 5.10 Å². The second-order valence-electron chi connectivity index (χ2n) is 7.60. The number of aromatic nitrogens is 2. The Morgan fingerprint density at radius 3 is 2.47 bits per heavy atom. The first kappa shape index (κ1) is 21.6. The van der Waals surface area contributed by atoms with E-state index in [0.29, 0.717) is 16.9 Å². The molecule has 0 aliphatic heterocycles. The molecule has 7 nitrogen and oxygen atoms in total. The molecule has 8 heteroatoms. The van der Waals surface area contributed by atoms with E-state index in [2.05, 4.69) is 10.4 Å². The summed E-state index contributed by atoms with van der Waals surface area (Å²) in [7, 11) is -2.35. The molecule has 1 aromatic heterocycles. The fourth-order valence-corrected chi connectivity index (χ4v) is 5.35. The number of aryl methyl sites for hydroxylation is 2. The van der Waals surface area contributed by atoms with Crippen LogP contribution >= 0.6 is 0 Å². The fraction of sp³-hybridized carbons (Fsp3) is 0.167. The van der Waals surface area contributed by atoms with E-state index in [1.54, 1.807) is 55.7 Å². The van der Waals surface area contributed by atoms with Gasteiger partial charge in [-0.05, 0) is 42.5 Å². The summed E-state index contributed by atoms with van der Waals surface area (Å²) in [5.41, 5.74) is 2.20. The quantitative estimate of drug-likeness (QED) is 0.483. The number of fused-ring (bicyclic) bond motifs is 1. The lowest BCUT2D eigenvalue weighted by atomic mass is 10.1. The molecule has 0 saturated carbocycles. The van der Waals surface area contributed by atoms with Crippen LogP contribution < -0.4 is 9.62 Å². The average molecular weight is 449 g/mol. The van der Waals surface area contributed by atoms with Crippen LogP contribution in [-0.4, -0.2) is 30.7 Å². The third-order valence-corrected chi connectivity index (χ3v) is 7.36. The summed E-state index contributed by atoms with van der Waals surface area (Å²) in [5, 5.41) is 8.20. The van der Waals surface area contributed by atoms with Crippen LogP contribution in [0.25, 0.3) is 10.8 Å². The molecule has 0 unspecified atom stereocenters. The van der Waals surface area contributed by atoms with Crippen LogP contribution in [0.4, 0.5) is 11.5 Å². The zero-order valence-electron chi connectivity index (χ0n) is 18.1. The first-order chi connectivity index (χ1) is 15.3. The standard InChI is InChI=1S/C24H24N4O3S/c1-17-8-6-12-21(18(17)2)28(16-24(29)26-23-14-15-25-27(23)3)32(30,31)22-13-7-10-19-9-4-5-11-20(19)22/h4-15H,16H2,1-3H3,(H,26,29). The maximum absolute atomic E-state index is 13.9. The molecule has 3 aromatic carbocycles. The average Bonchev–Trinajstić information content (AvgIpc) is 3.18. The summed E-state index contributed by atoms with van der Waals surface area (Å²) in [5.74, 6) is 0.0248. The van der Waals surface area contributed by atoms with Crippen molar-refractivity contribution in [2.24, 2.45) is 7.05 Å². The third-order valence-electron chi connectivity index (χ3n) is 5.54. The summed E-state index contributed by atoms with van der Waals surface area (Å²) >= 11 is 0. The molecular weight excluding hydrogens is 424 g/mol. The number of anilines is 2. The largest absolute Gasteiger partial charge is 0.309 e. The van der Waals surface area contributed by atoms with Crippen molar-refractivity contribution in [2.45, 2.75) is 18.7 Å². The van der Waals surface area contributed by atoms with Gasteiger partial charge in [0.25, 0.3) is 10.0 Å². The highest BCUT2D eigenvalue weighted by molar-refractivity contribution is 7.93. The highest BCUT2D eigenvalue weighted by Crippen LogP contribution is 2.31. The summed E-state index contributed by atoms with van der Waals surface area (Å²) in [6, 6.07) is 19.6. The molecule has 0 saturated heterocycles. The highest BCUT2D eigenvalue weighted by Gasteiger charge is 2.30. The second kappa shape index (κ2) is 8.47. The molecule has 0 bridgehead atoms. The first-order valence-corrected chi connectivity index (χ1v) is 11.6. The van der Waals surface area contributed by atoms with E-state index in [0.717, 1.165) is 16.5 Å². The number of carbonyl (C=O) groups excluding carboxylic acids is 1. The minimum atomic E-state index is -4.05. The number of hydrogen-bond acceptors (Lipinski definition) is 4. The maximum Gasteiger partial charge on any atom is 0.265 e. The lowest BCUT2D eigenvalue weighted by Crippen LogP contribution is -2.39. The maximum atomic E-state index is 13.9. The van der Waals surface area contributed by atoms with Crippen LogP contribution in [0.1, 0.15) is 11.1 Å². The lowest BCUT2D eigenvalue weighted by Gasteiger charge is -2.27. The van der Waals surface area contributed by atoms with E-state index >= 15 is 0 Å². The molecule has 32 heavy (non-hydrogen) atoms. The minimum Gasteiger partial charge on any atom is -0.309 e. The van der Waals surface area contributed by atoms with Crippen LogP contribution in [0.15, 0.2) is 77.8 Å². The molecule has 1 N–H and O–H groups in total. The highest BCUT2D eigenvalue weighted by atomic mass is 32.2. The van der Waals surface area contributed by atoms with E-state index in [1.807, 2.05) is 38.1 Å². The predicted molar refractivity (Wildman–Crippen MR) is 126 cm³/mol. The summed E-state index contributed by atoms with van der Waals surface area (Å²) in [6.45, 7) is 3.40. The molecule has 0 spiro atoms.